The third kappa shape index (κ3) is 2.89. The summed E-state index contributed by atoms with van der Waals surface area (Å²) in [6, 6.07) is 9.40. The largest absolute Gasteiger partial charge is 0.493 e. The fourth-order valence-corrected chi connectivity index (χ4v) is 2.87. The van der Waals surface area contributed by atoms with E-state index in [2.05, 4.69) is 18.8 Å². The average molecular weight is 295 g/mol. The van der Waals surface area contributed by atoms with Gasteiger partial charge in [0.05, 0.1) is 6.61 Å². The second kappa shape index (κ2) is 6.30. The van der Waals surface area contributed by atoms with Gasteiger partial charge >= 0.3 is 0 Å². The summed E-state index contributed by atoms with van der Waals surface area (Å²) < 4.78 is 5.95. The molecule has 3 nitrogen and oxygen atoms in total. The molecular weight excluding hydrogens is 274 g/mol. The molecule has 0 unspecified atom stereocenters. The zero-order valence-corrected chi connectivity index (χ0v) is 13.1. The molecule has 0 fully saturated rings. The molecule has 0 aliphatic carbocycles. The summed E-state index contributed by atoms with van der Waals surface area (Å²) in [6.07, 6.45) is 4.79. The van der Waals surface area contributed by atoms with Gasteiger partial charge in [0, 0.05) is 11.8 Å². The van der Waals surface area contributed by atoms with Crippen molar-refractivity contribution in [1.29, 1.82) is 0 Å². The van der Waals surface area contributed by atoms with Gasteiger partial charge in [0.25, 0.3) is 0 Å². The first-order chi connectivity index (χ1) is 10.7. The lowest BCUT2D eigenvalue weighted by atomic mass is 9.92. The van der Waals surface area contributed by atoms with Crippen LogP contribution in [0.2, 0.25) is 0 Å². The molecule has 0 saturated carbocycles. The van der Waals surface area contributed by atoms with Crippen LogP contribution in [-0.4, -0.2) is 17.4 Å². The van der Waals surface area contributed by atoms with Crippen LogP contribution in [0.5, 0.6) is 5.75 Å². The smallest absolute Gasteiger partial charge is 0.211 e. The van der Waals surface area contributed by atoms with E-state index in [1.807, 2.05) is 24.3 Å². The number of aryl methyl sites for hydroxylation is 1. The zero-order valence-electron chi connectivity index (χ0n) is 13.1. The Morgan fingerprint density at radius 2 is 2.09 bits per heavy atom. The van der Waals surface area contributed by atoms with Crippen molar-refractivity contribution in [3.63, 3.8) is 0 Å². The SMILES string of the molecule is CC(C)c1cc(C(=O)c2ccccn2)cc2c1OCCCC2. The number of rotatable bonds is 3. The third-order valence-corrected chi connectivity index (χ3v) is 4.06. The number of ether oxygens (including phenoxy) is 1. The summed E-state index contributed by atoms with van der Waals surface area (Å²) in [7, 11) is 0. The van der Waals surface area contributed by atoms with Crippen LogP contribution >= 0.6 is 0 Å². The Labute approximate surface area is 131 Å². The number of ketones is 1. The maximum Gasteiger partial charge on any atom is 0.211 e. The predicted octanol–water partition coefficient (Wildman–Crippen LogP) is 4.15. The van der Waals surface area contributed by atoms with Gasteiger partial charge in [-0.3, -0.25) is 9.78 Å². The molecule has 1 aromatic heterocycles. The summed E-state index contributed by atoms with van der Waals surface area (Å²) in [6.45, 7) is 5.04. The number of pyridine rings is 1. The van der Waals surface area contributed by atoms with Crippen LogP contribution < -0.4 is 4.74 Å². The van der Waals surface area contributed by atoms with Gasteiger partial charge in [-0.1, -0.05) is 19.9 Å². The maximum atomic E-state index is 12.7. The van der Waals surface area contributed by atoms with Crippen molar-refractivity contribution in [2.24, 2.45) is 0 Å². The molecule has 0 atom stereocenters. The molecule has 22 heavy (non-hydrogen) atoms. The number of aromatic nitrogens is 1. The minimum Gasteiger partial charge on any atom is -0.493 e. The molecule has 1 aliphatic rings. The van der Waals surface area contributed by atoms with Crippen LogP contribution in [0.4, 0.5) is 0 Å². The Hall–Kier alpha value is -2.16. The second-order valence-electron chi connectivity index (χ2n) is 6.06. The first-order valence-electron chi connectivity index (χ1n) is 7.92. The summed E-state index contributed by atoms with van der Waals surface area (Å²) in [5.41, 5.74) is 3.49. The molecule has 0 saturated heterocycles. The minimum atomic E-state index is -0.0189. The number of carbonyl (C=O) groups excluding carboxylic acids is 1. The van der Waals surface area contributed by atoms with Gasteiger partial charge in [-0.2, -0.15) is 0 Å². The molecule has 3 heteroatoms. The van der Waals surface area contributed by atoms with Gasteiger partial charge in [-0.05, 0) is 60.6 Å². The molecular formula is C19H21NO2. The normalized spacial score (nSPS) is 14.1. The van der Waals surface area contributed by atoms with Gasteiger partial charge in [0.15, 0.2) is 0 Å². The number of nitrogens with zero attached hydrogens (tertiary/aromatic N) is 1. The topological polar surface area (TPSA) is 39.2 Å². The van der Waals surface area contributed by atoms with Gasteiger partial charge in [0.1, 0.15) is 11.4 Å². The monoisotopic (exact) mass is 295 g/mol. The molecule has 1 aliphatic heterocycles. The Balaban J connectivity index is 2.07. The molecule has 114 valence electrons. The number of benzene rings is 1. The van der Waals surface area contributed by atoms with Crippen molar-refractivity contribution < 1.29 is 9.53 Å². The Morgan fingerprint density at radius 1 is 1.23 bits per heavy atom. The van der Waals surface area contributed by atoms with E-state index in [0.29, 0.717) is 17.2 Å². The highest BCUT2D eigenvalue weighted by Gasteiger charge is 2.20. The van der Waals surface area contributed by atoms with Gasteiger partial charge < -0.3 is 4.74 Å². The van der Waals surface area contributed by atoms with Crippen LogP contribution in [0.3, 0.4) is 0 Å². The Kier molecular flexibility index (Phi) is 4.23. The lowest BCUT2D eigenvalue weighted by Gasteiger charge is -2.17. The molecule has 0 bridgehead atoms. The summed E-state index contributed by atoms with van der Waals surface area (Å²) in [5.74, 6) is 1.29. The van der Waals surface area contributed by atoms with Gasteiger partial charge in [0.2, 0.25) is 5.78 Å². The van der Waals surface area contributed by atoms with E-state index in [1.54, 1.807) is 12.3 Å². The highest BCUT2D eigenvalue weighted by Crippen LogP contribution is 2.35. The number of hydrogen-bond acceptors (Lipinski definition) is 3. The fraction of sp³-hybridized carbons (Fsp3) is 0.368. The summed E-state index contributed by atoms with van der Waals surface area (Å²) in [5, 5.41) is 0. The molecule has 0 radical (unpaired) electrons. The lowest BCUT2D eigenvalue weighted by Crippen LogP contribution is -2.08. The molecule has 2 aromatic rings. The minimum absolute atomic E-state index is 0.0189. The first kappa shape index (κ1) is 14.8. The molecule has 0 spiro atoms. The van der Waals surface area contributed by atoms with Crippen molar-refractivity contribution in [2.75, 3.05) is 6.61 Å². The van der Waals surface area contributed by atoms with E-state index in [9.17, 15) is 4.79 Å². The predicted molar refractivity (Wildman–Crippen MR) is 86.6 cm³/mol. The van der Waals surface area contributed by atoms with Crippen molar-refractivity contribution in [1.82, 2.24) is 4.98 Å². The fourth-order valence-electron chi connectivity index (χ4n) is 2.87. The number of fused-ring (bicyclic) bond motifs is 1. The number of carbonyl (C=O) groups is 1. The molecule has 3 rings (SSSR count). The van der Waals surface area contributed by atoms with E-state index in [1.165, 1.54) is 0 Å². The molecule has 0 N–H and O–H groups in total. The Bertz CT molecular complexity index is 677. The van der Waals surface area contributed by atoms with Crippen LogP contribution in [0.25, 0.3) is 0 Å². The maximum absolute atomic E-state index is 12.7. The van der Waals surface area contributed by atoms with Crippen LogP contribution in [0.1, 0.15) is 59.8 Å². The molecule has 1 aromatic carbocycles. The van der Waals surface area contributed by atoms with Crippen LogP contribution in [-0.2, 0) is 6.42 Å². The third-order valence-electron chi connectivity index (χ3n) is 4.06. The molecule has 2 heterocycles. The van der Waals surface area contributed by atoms with Crippen LogP contribution in [0.15, 0.2) is 36.5 Å². The van der Waals surface area contributed by atoms with Gasteiger partial charge in [-0.25, -0.2) is 0 Å². The lowest BCUT2D eigenvalue weighted by molar-refractivity contribution is 0.103. The van der Waals surface area contributed by atoms with Crippen molar-refractivity contribution in [2.45, 2.75) is 39.0 Å². The summed E-state index contributed by atoms with van der Waals surface area (Å²) in [4.78, 5) is 16.9. The van der Waals surface area contributed by atoms with Crippen molar-refractivity contribution >= 4 is 5.78 Å². The average Bonchev–Trinajstić information content (AvgIpc) is 2.79. The zero-order chi connectivity index (χ0) is 15.5. The standard InChI is InChI=1S/C19H21NO2/c1-13(2)16-12-15(18(21)17-8-3-5-9-20-17)11-14-7-4-6-10-22-19(14)16/h3,5,8-9,11-13H,4,6-7,10H2,1-2H3. The van der Waals surface area contributed by atoms with E-state index >= 15 is 0 Å². The summed E-state index contributed by atoms with van der Waals surface area (Å²) >= 11 is 0. The van der Waals surface area contributed by atoms with E-state index in [0.717, 1.165) is 42.7 Å². The first-order valence-corrected chi connectivity index (χ1v) is 7.92. The van der Waals surface area contributed by atoms with Gasteiger partial charge in [-0.15, -0.1) is 0 Å². The van der Waals surface area contributed by atoms with Crippen LogP contribution in [0, 0.1) is 0 Å². The Morgan fingerprint density at radius 3 is 2.82 bits per heavy atom. The van der Waals surface area contributed by atoms with E-state index in [4.69, 9.17) is 4.74 Å². The number of hydrogen-bond donors (Lipinski definition) is 0. The van der Waals surface area contributed by atoms with E-state index < -0.39 is 0 Å². The quantitative estimate of drug-likeness (QED) is 0.798. The van der Waals surface area contributed by atoms with E-state index in [-0.39, 0.29) is 5.78 Å². The highest BCUT2D eigenvalue weighted by atomic mass is 16.5. The molecule has 0 amide bonds. The highest BCUT2D eigenvalue weighted by molar-refractivity contribution is 6.08. The van der Waals surface area contributed by atoms with Crippen molar-refractivity contribution in [3.05, 3.63) is 58.9 Å². The van der Waals surface area contributed by atoms with Crippen molar-refractivity contribution in [3.8, 4) is 5.75 Å². The second-order valence-corrected chi connectivity index (χ2v) is 6.06.